The van der Waals surface area contributed by atoms with Crippen molar-refractivity contribution in [3.63, 3.8) is 0 Å². The maximum absolute atomic E-state index is 12.6. The fourth-order valence-corrected chi connectivity index (χ4v) is 2.55. The Kier molecular flexibility index (Phi) is 5.26. The van der Waals surface area contributed by atoms with E-state index in [4.69, 9.17) is 11.6 Å². The van der Waals surface area contributed by atoms with Crippen LogP contribution in [0.3, 0.4) is 0 Å². The Labute approximate surface area is 122 Å². The molecule has 0 saturated carbocycles. The lowest BCUT2D eigenvalue weighted by molar-refractivity contribution is 0.0841. The maximum atomic E-state index is 12.6. The summed E-state index contributed by atoms with van der Waals surface area (Å²) >= 11 is 6.15. The van der Waals surface area contributed by atoms with Gasteiger partial charge in [0.05, 0.1) is 12.2 Å². The lowest BCUT2D eigenvalue weighted by Gasteiger charge is -2.21. The molecule has 5 heteroatoms. The molecule has 20 heavy (non-hydrogen) atoms. The Morgan fingerprint density at radius 3 is 2.75 bits per heavy atom. The molecule has 0 saturated heterocycles. The van der Waals surface area contributed by atoms with Crippen LogP contribution in [0.4, 0.5) is 8.78 Å². The smallest absolute Gasteiger partial charge is 0.251 e. The summed E-state index contributed by atoms with van der Waals surface area (Å²) in [7, 11) is 0. The van der Waals surface area contributed by atoms with E-state index in [9.17, 15) is 8.78 Å². The standard InChI is InChI=1S/C15H17ClF2N2/c1-2-7-20(10-14(17)18)9-12-8-11-5-3-4-6-13(11)15(16)19-12/h3-6,8,14H,2,7,9-10H2,1H3. The highest BCUT2D eigenvalue weighted by Crippen LogP contribution is 2.23. The molecule has 0 radical (unpaired) electrons. The number of pyridine rings is 1. The second-order valence-corrected chi connectivity index (χ2v) is 5.11. The van der Waals surface area contributed by atoms with Gasteiger partial charge in [0.15, 0.2) is 0 Å². The van der Waals surface area contributed by atoms with E-state index in [1.807, 2.05) is 37.3 Å². The van der Waals surface area contributed by atoms with Crippen molar-refractivity contribution in [1.29, 1.82) is 0 Å². The summed E-state index contributed by atoms with van der Waals surface area (Å²) in [6.07, 6.45) is -1.51. The van der Waals surface area contributed by atoms with Gasteiger partial charge in [-0.15, -0.1) is 0 Å². The third-order valence-electron chi connectivity index (χ3n) is 3.07. The van der Waals surface area contributed by atoms with Crippen LogP contribution in [0.1, 0.15) is 19.0 Å². The van der Waals surface area contributed by atoms with Crippen LogP contribution < -0.4 is 0 Å². The predicted octanol–water partition coefficient (Wildman–Crippen LogP) is 4.37. The number of alkyl halides is 2. The minimum absolute atomic E-state index is 0.236. The number of aromatic nitrogens is 1. The van der Waals surface area contributed by atoms with Crippen LogP contribution in [0.5, 0.6) is 0 Å². The molecule has 0 bridgehead atoms. The predicted molar refractivity (Wildman–Crippen MR) is 78.3 cm³/mol. The fourth-order valence-electron chi connectivity index (χ4n) is 2.27. The number of hydrogen-bond acceptors (Lipinski definition) is 2. The quantitative estimate of drug-likeness (QED) is 0.736. The van der Waals surface area contributed by atoms with Crippen molar-refractivity contribution >= 4 is 22.4 Å². The molecule has 0 aliphatic rings. The molecule has 0 N–H and O–H groups in total. The second kappa shape index (κ2) is 6.95. The lowest BCUT2D eigenvalue weighted by Crippen LogP contribution is -2.29. The van der Waals surface area contributed by atoms with E-state index in [0.29, 0.717) is 18.2 Å². The van der Waals surface area contributed by atoms with Gasteiger partial charge in [0.1, 0.15) is 5.15 Å². The van der Waals surface area contributed by atoms with Gasteiger partial charge in [-0.3, -0.25) is 4.90 Å². The van der Waals surface area contributed by atoms with Crippen molar-refractivity contribution in [1.82, 2.24) is 9.88 Å². The van der Waals surface area contributed by atoms with E-state index in [0.717, 1.165) is 22.9 Å². The van der Waals surface area contributed by atoms with Gasteiger partial charge in [0, 0.05) is 11.9 Å². The van der Waals surface area contributed by atoms with Gasteiger partial charge in [-0.1, -0.05) is 42.8 Å². The SMILES string of the molecule is CCCN(Cc1cc2ccccc2c(Cl)n1)CC(F)F. The van der Waals surface area contributed by atoms with Crippen LogP contribution in [0.15, 0.2) is 30.3 Å². The van der Waals surface area contributed by atoms with Crippen LogP contribution in [-0.2, 0) is 6.54 Å². The molecule has 0 aliphatic heterocycles. The Hall–Kier alpha value is -1.26. The molecular formula is C15H17ClF2N2. The van der Waals surface area contributed by atoms with E-state index >= 15 is 0 Å². The minimum Gasteiger partial charge on any atom is -0.292 e. The number of hydrogen-bond donors (Lipinski definition) is 0. The highest BCUT2D eigenvalue weighted by molar-refractivity contribution is 6.34. The molecular weight excluding hydrogens is 282 g/mol. The molecule has 1 aromatic heterocycles. The number of nitrogens with zero attached hydrogens (tertiary/aromatic N) is 2. The van der Waals surface area contributed by atoms with E-state index < -0.39 is 6.43 Å². The van der Waals surface area contributed by atoms with Crippen molar-refractivity contribution in [2.45, 2.75) is 26.3 Å². The largest absolute Gasteiger partial charge is 0.292 e. The molecule has 0 atom stereocenters. The maximum Gasteiger partial charge on any atom is 0.251 e. The number of benzene rings is 1. The summed E-state index contributed by atoms with van der Waals surface area (Å²) in [4.78, 5) is 6.02. The van der Waals surface area contributed by atoms with Crippen molar-refractivity contribution in [2.75, 3.05) is 13.1 Å². The molecule has 0 amide bonds. The topological polar surface area (TPSA) is 16.1 Å². The first kappa shape index (κ1) is 15.1. The van der Waals surface area contributed by atoms with Crippen LogP contribution in [-0.4, -0.2) is 29.4 Å². The van der Waals surface area contributed by atoms with Crippen molar-refractivity contribution in [3.05, 3.63) is 41.2 Å². The number of rotatable bonds is 6. The van der Waals surface area contributed by atoms with Gasteiger partial charge >= 0.3 is 0 Å². The zero-order valence-corrected chi connectivity index (χ0v) is 12.1. The first-order valence-corrected chi connectivity index (χ1v) is 7.02. The molecule has 0 fully saturated rings. The van der Waals surface area contributed by atoms with E-state index in [1.54, 1.807) is 4.90 Å². The summed E-state index contributed by atoms with van der Waals surface area (Å²) < 4.78 is 25.1. The first-order chi connectivity index (χ1) is 9.60. The monoisotopic (exact) mass is 298 g/mol. The van der Waals surface area contributed by atoms with E-state index in [1.165, 1.54) is 0 Å². The van der Waals surface area contributed by atoms with Gasteiger partial charge in [0.25, 0.3) is 6.43 Å². The summed E-state index contributed by atoms with van der Waals surface area (Å²) in [5.41, 5.74) is 0.725. The molecule has 0 aliphatic carbocycles. The summed E-state index contributed by atoms with van der Waals surface area (Å²) in [6.45, 7) is 2.75. The van der Waals surface area contributed by atoms with Gasteiger partial charge in [-0.2, -0.15) is 0 Å². The zero-order chi connectivity index (χ0) is 14.5. The summed E-state index contributed by atoms with van der Waals surface area (Å²) in [6, 6.07) is 9.58. The summed E-state index contributed by atoms with van der Waals surface area (Å²) in [5.74, 6) is 0. The summed E-state index contributed by atoms with van der Waals surface area (Å²) in [5, 5.41) is 2.29. The van der Waals surface area contributed by atoms with Crippen molar-refractivity contribution < 1.29 is 8.78 Å². The van der Waals surface area contributed by atoms with Gasteiger partial charge in [0.2, 0.25) is 0 Å². The number of fused-ring (bicyclic) bond motifs is 1. The molecule has 0 spiro atoms. The molecule has 2 rings (SSSR count). The molecule has 1 aromatic carbocycles. The third kappa shape index (κ3) is 3.87. The molecule has 1 heterocycles. The van der Waals surface area contributed by atoms with E-state index in [-0.39, 0.29) is 6.54 Å². The van der Waals surface area contributed by atoms with Crippen LogP contribution in [0, 0.1) is 0 Å². The average molecular weight is 299 g/mol. The fraction of sp³-hybridized carbons (Fsp3) is 0.400. The zero-order valence-electron chi connectivity index (χ0n) is 11.3. The normalized spacial score (nSPS) is 11.7. The second-order valence-electron chi connectivity index (χ2n) is 4.75. The Morgan fingerprint density at radius 2 is 2.05 bits per heavy atom. The molecule has 2 nitrogen and oxygen atoms in total. The Morgan fingerprint density at radius 1 is 1.30 bits per heavy atom. The van der Waals surface area contributed by atoms with Gasteiger partial charge in [-0.25, -0.2) is 13.8 Å². The lowest BCUT2D eigenvalue weighted by atomic mass is 10.1. The highest BCUT2D eigenvalue weighted by Gasteiger charge is 2.13. The van der Waals surface area contributed by atoms with Crippen molar-refractivity contribution in [2.24, 2.45) is 0 Å². The van der Waals surface area contributed by atoms with Crippen LogP contribution >= 0.6 is 11.6 Å². The molecule has 0 unspecified atom stereocenters. The first-order valence-electron chi connectivity index (χ1n) is 6.64. The molecule has 108 valence electrons. The Balaban J connectivity index is 2.23. The highest BCUT2D eigenvalue weighted by atomic mass is 35.5. The van der Waals surface area contributed by atoms with Gasteiger partial charge in [-0.05, 0) is 24.4 Å². The number of halogens is 3. The van der Waals surface area contributed by atoms with Gasteiger partial charge < -0.3 is 0 Å². The van der Waals surface area contributed by atoms with Crippen molar-refractivity contribution in [3.8, 4) is 0 Å². The third-order valence-corrected chi connectivity index (χ3v) is 3.36. The minimum atomic E-state index is -2.34. The van der Waals surface area contributed by atoms with Crippen LogP contribution in [0.25, 0.3) is 10.8 Å². The van der Waals surface area contributed by atoms with E-state index in [2.05, 4.69) is 4.98 Å². The van der Waals surface area contributed by atoms with Crippen LogP contribution in [0.2, 0.25) is 5.15 Å². The average Bonchev–Trinajstić information content (AvgIpc) is 2.38. The Bertz CT molecular complexity index is 575. The molecule has 2 aromatic rings.